The lowest BCUT2D eigenvalue weighted by atomic mass is 10.2. The van der Waals surface area contributed by atoms with Crippen LogP contribution in [0, 0.1) is 5.82 Å². The van der Waals surface area contributed by atoms with Crippen LogP contribution < -0.4 is 10.2 Å². The fourth-order valence-corrected chi connectivity index (χ4v) is 2.96. The van der Waals surface area contributed by atoms with Gasteiger partial charge in [0.15, 0.2) is 5.01 Å². The summed E-state index contributed by atoms with van der Waals surface area (Å²) in [5.41, 5.74) is 8.98. The van der Waals surface area contributed by atoms with Crippen molar-refractivity contribution >= 4 is 28.2 Å². The smallest absolute Gasteiger partial charge is 0.414 e. The van der Waals surface area contributed by atoms with Gasteiger partial charge >= 0.3 is 6.09 Å². The zero-order valence-electron chi connectivity index (χ0n) is 12.5. The highest BCUT2D eigenvalue weighted by Gasteiger charge is 2.32. The number of ether oxygens (including phenoxy) is 1. The summed E-state index contributed by atoms with van der Waals surface area (Å²) in [7, 11) is 1.70. The Morgan fingerprint density at radius 3 is 3.08 bits per heavy atom. The number of aromatic nitrogens is 2. The minimum absolute atomic E-state index is 0.0386. The summed E-state index contributed by atoms with van der Waals surface area (Å²) in [5.74, 6) is -0.516. The molecule has 2 heterocycles. The average Bonchev–Trinajstić information content (AvgIpc) is 3.19. The molecule has 1 fully saturated rings. The van der Waals surface area contributed by atoms with Gasteiger partial charge in [-0.1, -0.05) is 16.5 Å². The fourth-order valence-electron chi connectivity index (χ4n) is 2.23. The summed E-state index contributed by atoms with van der Waals surface area (Å²) in [4.78, 5) is 15.8. The van der Waals surface area contributed by atoms with Crippen LogP contribution in [-0.2, 0) is 4.74 Å². The van der Waals surface area contributed by atoms with Gasteiger partial charge in [-0.3, -0.25) is 4.90 Å². The number of halogens is 1. The van der Waals surface area contributed by atoms with Crippen LogP contribution in [-0.4, -0.2) is 42.5 Å². The number of benzene rings is 1. The van der Waals surface area contributed by atoms with Crippen molar-refractivity contribution < 1.29 is 13.9 Å². The average molecular weight is 349 g/mol. The molecule has 2 aromatic rings. The molecule has 1 aliphatic rings. The van der Waals surface area contributed by atoms with Gasteiger partial charge in [0, 0.05) is 17.5 Å². The fraction of sp³-hybridized carbons (Fsp3) is 0.308. The van der Waals surface area contributed by atoms with Gasteiger partial charge in [0.1, 0.15) is 11.9 Å². The maximum atomic E-state index is 14.4. The molecule has 3 rings (SSSR count). The van der Waals surface area contributed by atoms with Crippen molar-refractivity contribution in [2.45, 2.75) is 6.10 Å². The molecule has 1 aromatic carbocycles. The molecule has 1 atom stereocenters. The van der Waals surface area contributed by atoms with E-state index in [1.54, 1.807) is 19.2 Å². The quantitative estimate of drug-likeness (QED) is 0.506. The number of carbonyl (C=O) groups excluding carboxylic acids is 1. The maximum Gasteiger partial charge on any atom is 0.414 e. The molecule has 11 heteroatoms. The van der Waals surface area contributed by atoms with Crippen LogP contribution in [0.15, 0.2) is 23.3 Å². The van der Waals surface area contributed by atoms with E-state index in [1.165, 1.54) is 22.3 Å². The van der Waals surface area contributed by atoms with Gasteiger partial charge in [-0.2, -0.15) is 0 Å². The number of nitrogens with zero attached hydrogens (tertiary/aromatic N) is 6. The summed E-state index contributed by atoms with van der Waals surface area (Å²) in [6.07, 6.45) is -1.15. The Balaban J connectivity index is 1.82. The van der Waals surface area contributed by atoms with Crippen molar-refractivity contribution in [3.05, 3.63) is 34.5 Å². The Morgan fingerprint density at radius 1 is 1.58 bits per heavy atom. The molecule has 1 aromatic heterocycles. The third kappa shape index (κ3) is 3.07. The molecule has 0 aliphatic carbocycles. The molecule has 9 nitrogen and oxygen atoms in total. The van der Waals surface area contributed by atoms with Crippen LogP contribution in [0.25, 0.3) is 21.0 Å². The van der Waals surface area contributed by atoms with E-state index in [9.17, 15) is 9.18 Å². The summed E-state index contributed by atoms with van der Waals surface area (Å²) in [6, 6.07) is 4.39. The summed E-state index contributed by atoms with van der Waals surface area (Å²) < 4.78 is 19.5. The monoisotopic (exact) mass is 349 g/mol. The summed E-state index contributed by atoms with van der Waals surface area (Å²) >= 11 is 1.22. The van der Waals surface area contributed by atoms with Crippen molar-refractivity contribution in [3.8, 4) is 10.6 Å². The number of carbonyl (C=O) groups is 1. The molecule has 1 N–H and O–H groups in total. The molecular formula is C13H12FN7O2S. The number of rotatable bonds is 5. The van der Waals surface area contributed by atoms with E-state index < -0.39 is 18.0 Å². The second-order valence-electron chi connectivity index (χ2n) is 4.86. The predicted molar refractivity (Wildman–Crippen MR) is 86.5 cm³/mol. The Bertz CT molecular complexity index is 820. The lowest BCUT2D eigenvalue weighted by Gasteiger charge is -2.13. The van der Waals surface area contributed by atoms with Crippen molar-refractivity contribution in [3.63, 3.8) is 0 Å². The van der Waals surface area contributed by atoms with Crippen LogP contribution in [0.5, 0.6) is 0 Å². The Labute approximate surface area is 139 Å². The van der Waals surface area contributed by atoms with Gasteiger partial charge < -0.3 is 10.1 Å². The zero-order chi connectivity index (χ0) is 17.1. The van der Waals surface area contributed by atoms with Gasteiger partial charge in [0.05, 0.1) is 18.8 Å². The topological polar surface area (TPSA) is 116 Å². The van der Waals surface area contributed by atoms with Crippen molar-refractivity contribution in [1.82, 2.24) is 10.2 Å². The van der Waals surface area contributed by atoms with Crippen LogP contribution >= 0.6 is 11.3 Å². The second kappa shape index (κ2) is 6.69. The van der Waals surface area contributed by atoms with Crippen LogP contribution in [0.4, 0.5) is 20.0 Å². The maximum absolute atomic E-state index is 14.4. The number of amides is 1. The largest absolute Gasteiger partial charge is 0.444 e. The van der Waals surface area contributed by atoms with E-state index in [2.05, 4.69) is 25.5 Å². The minimum atomic E-state index is -0.603. The lowest BCUT2D eigenvalue weighted by molar-refractivity contribution is 0.145. The highest BCUT2D eigenvalue weighted by atomic mass is 32.1. The van der Waals surface area contributed by atoms with Crippen LogP contribution in [0.1, 0.15) is 0 Å². The van der Waals surface area contributed by atoms with E-state index in [1.807, 2.05) is 0 Å². The van der Waals surface area contributed by atoms with Crippen LogP contribution in [0.2, 0.25) is 0 Å². The summed E-state index contributed by atoms with van der Waals surface area (Å²) in [5, 5.41) is 15.0. The van der Waals surface area contributed by atoms with Gasteiger partial charge in [0.2, 0.25) is 5.13 Å². The minimum Gasteiger partial charge on any atom is -0.444 e. The highest BCUT2D eigenvalue weighted by Crippen LogP contribution is 2.31. The van der Waals surface area contributed by atoms with Crippen molar-refractivity contribution in [1.29, 1.82) is 0 Å². The standard InChI is InChI=1S/C13H12FN7O2S/c1-16-12-19-18-11(24-12)9-3-2-7(4-10(9)14)21-6-8(5-17-20-15)23-13(21)22/h2-4,8H,5-6H2,1H3,(H,16,19)/t8-/m0/s1. The first-order valence-electron chi connectivity index (χ1n) is 6.92. The normalized spacial score (nSPS) is 16.7. The van der Waals surface area contributed by atoms with Crippen LogP contribution in [0.3, 0.4) is 0 Å². The van der Waals surface area contributed by atoms with E-state index in [0.717, 1.165) is 0 Å². The van der Waals surface area contributed by atoms with E-state index in [0.29, 0.717) is 21.4 Å². The molecule has 0 saturated carbocycles. The van der Waals surface area contributed by atoms with Gasteiger partial charge in [0.25, 0.3) is 0 Å². The van der Waals surface area contributed by atoms with Gasteiger partial charge in [-0.15, -0.1) is 10.2 Å². The third-order valence-corrected chi connectivity index (χ3v) is 4.33. The zero-order valence-corrected chi connectivity index (χ0v) is 13.3. The van der Waals surface area contributed by atoms with E-state index >= 15 is 0 Å². The van der Waals surface area contributed by atoms with Gasteiger partial charge in [-0.25, -0.2) is 9.18 Å². The molecule has 1 saturated heterocycles. The Hall–Kier alpha value is -2.91. The molecule has 0 bridgehead atoms. The lowest BCUT2D eigenvalue weighted by Crippen LogP contribution is -2.25. The first kappa shape index (κ1) is 16.0. The van der Waals surface area contributed by atoms with Crippen molar-refractivity contribution in [2.24, 2.45) is 5.11 Å². The molecule has 0 radical (unpaired) electrons. The summed E-state index contributed by atoms with van der Waals surface area (Å²) in [6.45, 7) is 0.232. The number of nitrogens with one attached hydrogen (secondary N) is 1. The van der Waals surface area contributed by atoms with E-state index in [-0.39, 0.29) is 13.1 Å². The molecule has 1 amide bonds. The Kier molecular flexibility index (Phi) is 4.45. The molecule has 1 aliphatic heterocycles. The van der Waals surface area contributed by atoms with Crippen molar-refractivity contribution in [2.75, 3.05) is 30.4 Å². The van der Waals surface area contributed by atoms with E-state index in [4.69, 9.17) is 10.3 Å². The molecule has 0 spiro atoms. The molecular weight excluding hydrogens is 337 g/mol. The Morgan fingerprint density at radius 2 is 2.42 bits per heavy atom. The number of azide groups is 1. The molecule has 124 valence electrons. The third-order valence-electron chi connectivity index (χ3n) is 3.36. The molecule has 0 unspecified atom stereocenters. The highest BCUT2D eigenvalue weighted by molar-refractivity contribution is 7.18. The number of hydrogen-bond donors (Lipinski definition) is 1. The number of hydrogen-bond acceptors (Lipinski definition) is 7. The predicted octanol–water partition coefficient (Wildman–Crippen LogP) is 3.02. The first-order valence-corrected chi connectivity index (χ1v) is 7.74. The first-order chi connectivity index (χ1) is 11.6. The number of anilines is 2. The number of cyclic esters (lactones) is 1. The molecule has 24 heavy (non-hydrogen) atoms. The second-order valence-corrected chi connectivity index (χ2v) is 5.83. The SMILES string of the molecule is CNc1nnc(-c2ccc(N3C[C@H](CN=[N+]=[N-])OC3=O)cc2F)s1. The van der Waals surface area contributed by atoms with Gasteiger partial charge in [-0.05, 0) is 23.7 Å².